The first-order chi connectivity index (χ1) is 17.7. The average molecular weight is 489 g/mol. The lowest BCUT2D eigenvalue weighted by molar-refractivity contribution is 0.0730. The van der Waals surface area contributed by atoms with E-state index in [4.69, 9.17) is 20.4 Å². The first kappa shape index (κ1) is 22.6. The van der Waals surface area contributed by atoms with E-state index in [1.807, 2.05) is 11.0 Å². The summed E-state index contributed by atoms with van der Waals surface area (Å²) in [6.45, 7) is 6.45. The summed E-state index contributed by atoms with van der Waals surface area (Å²) in [7, 11) is 0. The number of hydrogen-bond acceptors (Lipinski definition) is 11. The van der Waals surface area contributed by atoms with Crippen LogP contribution in [0, 0.1) is 0 Å². The molecule has 186 valence electrons. The van der Waals surface area contributed by atoms with Crippen molar-refractivity contribution >= 4 is 29.3 Å². The lowest BCUT2D eigenvalue weighted by Crippen LogP contribution is -2.46. The van der Waals surface area contributed by atoms with Crippen molar-refractivity contribution in [2.24, 2.45) is 0 Å². The van der Waals surface area contributed by atoms with E-state index < -0.39 is 0 Å². The zero-order valence-corrected chi connectivity index (χ0v) is 19.9. The molecule has 2 fully saturated rings. The number of carbonyl (C=O) groups excluding carboxylic acids is 1. The third-order valence-corrected chi connectivity index (χ3v) is 6.74. The molecule has 6 rings (SSSR count). The van der Waals surface area contributed by atoms with Crippen LogP contribution in [0.25, 0.3) is 11.3 Å². The maximum Gasteiger partial charge on any atom is 0.272 e. The molecule has 1 amide bonds. The first-order valence-corrected chi connectivity index (χ1v) is 12.2. The zero-order valence-electron chi connectivity index (χ0n) is 19.9. The molecule has 2 saturated heterocycles. The topological polar surface area (TPSA) is 139 Å². The van der Waals surface area contributed by atoms with Crippen molar-refractivity contribution in [3.63, 3.8) is 0 Å². The third-order valence-electron chi connectivity index (χ3n) is 6.74. The number of nitrogens with zero attached hydrogens (tertiary/aromatic N) is 8. The van der Waals surface area contributed by atoms with E-state index in [-0.39, 0.29) is 11.9 Å². The zero-order chi connectivity index (χ0) is 24.5. The second-order valence-corrected chi connectivity index (χ2v) is 8.95. The minimum atomic E-state index is -0.0348. The van der Waals surface area contributed by atoms with Gasteiger partial charge in [-0.3, -0.25) is 4.79 Å². The van der Waals surface area contributed by atoms with Crippen molar-refractivity contribution in [2.75, 3.05) is 74.6 Å². The summed E-state index contributed by atoms with van der Waals surface area (Å²) in [6.07, 6.45) is 5.93. The monoisotopic (exact) mass is 488 g/mol. The minimum absolute atomic E-state index is 0.0348. The molecule has 3 aromatic heterocycles. The van der Waals surface area contributed by atoms with E-state index in [9.17, 15) is 4.79 Å². The molecule has 3 N–H and O–H groups in total. The largest absolute Gasteiger partial charge is 0.378 e. The predicted molar refractivity (Wildman–Crippen MR) is 134 cm³/mol. The number of fused-ring (bicyclic) bond motifs is 1. The Morgan fingerprint density at radius 1 is 0.944 bits per heavy atom. The van der Waals surface area contributed by atoms with E-state index in [0.717, 1.165) is 67.5 Å². The van der Waals surface area contributed by atoms with Gasteiger partial charge in [0.1, 0.15) is 11.5 Å². The quantitative estimate of drug-likeness (QED) is 0.530. The molecule has 6 heterocycles. The summed E-state index contributed by atoms with van der Waals surface area (Å²) >= 11 is 0. The molecule has 0 aromatic carbocycles. The average Bonchev–Trinajstić information content (AvgIpc) is 3.38. The molecule has 3 aliphatic rings. The number of hydrogen-bond donors (Lipinski definition) is 2. The molecule has 12 nitrogen and oxygen atoms in total. The molecule has 0 saturated carbocycles. The molecule has 0 bridgehead atoms. The van der Waals surface area contributed by atoms with Gasteiger partial charge in [0.15, 0.2) is 0 Å². The first-order valence-electron chi connectivity index (χ1n) is 12.2. The highest BCUT2D eigenvalue weighted by atomic mass is 16.5. The summed E-state index contributed by atoms with van der Waals surface area (Å²) in [4.78, 5) is 41.7. The summed E-state index contributed by atoms with van der Waals surface area (Å²) < 4.78 is 5.52. The number of piperazine rings is 1. The fourth-order valence-electron chi connectivity index (χ4n) is 4.80. The number of nitrogens with two attached hydrogens (primary N) is 1. The maximum absolute atomic E-state index is 12.8. The lowest BCUT2D eigenvalue weighted by atomic mass is 10.1. The molecule has 12 heteroatoms. The van der Waals surface area contributed by atoms with Crippen molar-refractivity contribution in [3.05, 3.63) is 42.0 Å². The van der Waals surface area contributed by atoms with Crippen molar-refractivity contribution in [1.29, 1.82) is 0 Å². The van der Waals surface area contributed by atoms with Crippen LogP contribution in [0.1, 0.15) is 16.1 Å². The van der Waals surface area contributed by atoms with Gasteiger partial charge in [0.25, 0.3) is 5.91 Å². The summed E-state index contributed by atoms with van der Waals surface area (Å²) in [5.74, 6) is 1.67. The van der Waals surface area contributed by atoms with Crippen molar-refractivity contribution in [2.45, 2.75) is 6.42 Å². The van der Waals surface area contributed by atoms with Crippen LogP contribution in [0.15, 0.2) is 30.7 Å². The van der Waals surface area contributed by atoms with Crippen LogP contribution in [-0.4, -0.2) is 94.8 Å². The smallest absolute Gasteiger partial charge is 0.272 e. The van der Waals surface area contributed by atoms with Gasteiger partial charge in [-0.2, -0.15) is 4.98 Å². The summed E-state index contributed by atoms with van der Waals surface area (Å²) in [6, 6.07) is 3.75. The number of carbonyl (C=O) groups is 1. The number of morpholine rings is 1. The highest BCUT2D eigenvalue weighted by molar-refractivity contribution is 5.92. The van der Waals surface area contributed by atoms with Gasteiger partial charge in [0.05, 0.1) is 30.8 Å². The molecule has 0 atom stereocenters. The second-order valence-electron chi connectivity index (χ2n) is 8.95. The Kier molecular flexibility index (Phi) is 6.03. The second kappa shape index (κ2) is 9.63. The van der Waals surface area contributed by atoms with E-state index >= 15 is 0 Å². The molecule has 3 aromatic rings. The van der Waals surface area contributed by atoms with Gasteiger partial charge in [-0.15, -0.1) is 0 Å². The SMILES string of the molecule is Nc1ncc(-c2nc(N3CCOCC3)nc3c2CCN3c2ccc(C(=O)N3CCNCC3)nc2)cn1. The molecule has 0 unspecified atom stereocenters. The normalized spacial score (nSPS) is 17.8. The number of nitrogens with one attached hydrogen (secondary N) is 1. The molecular weight excluding hydrogens is 460 g/mol. The number of rotatable bonds is 4. The highest BCUT2D eigenvalue weighted by Gasteiger charge is 2.30. The van der Waals surface area contributed by atoms with Gasteiger partial charge in [-0.05, 0) is 18.6 Å². The molecule has 36 heavy (non-hydrogen) atoms. The Morgan fingerprint density at radius 2 is 1.72 bits per heavy atom. The van der Waals surface area contributed by atoms with Crippen LogP contribution in [-0.2, 0) is 11.2 Å². The molecule has 0 spiro atoms. The van der Waals surface area contributed by atoms with E-state index in [0.29, 0.717) is 37.9 Å². The van der Waals surface area contributed by atoms with Gasteiger partial charge >= 0.3 is 0 Å². The molecular formula is C24H28N10O2. The Balaban J connectivity index is 1.34. The summed E-state index contributed by atoms with van der Waals surface area (Å²) in [5, 5.41) is 3.27. The third kappa shape index (κ3) is 4.29. The molecule has 0 radical (unpaired) electrons. The Bertz CT molecular complexity index is 1240. The van der Waals surface area contributed by atoms with Crippen LogP contribution >= 0.6 is 0 Å². The lowest BCUT2D eigenvalue weighted by Gasteiger charge is -2.28. The van der Waals surface area contributed by atoms with Crippen molar-refractivity contribution in [1.82, 2.24) is 35.1 Å². The van der Waals surface area contributed by atoms with E-state index in [1.165, 1.54) is 0 Å². The van der Waals surface area contributed by atoms with Crippen molar-refractivity contribution in [3.8, 4) is 11.3 Å². The number of ether oxygens (including phenoxy) is 1. The standard InChI is InChI=1S/C24H28N10O2/c25-23-28-13-16(14-29-23)20-18-3-6-34(21(18)31-24(30-20)33-9-11-36-12-10-33)17-1-2-19(27-15-17)22(35)32-7-4-26-5-8-32/h1-2,13-15,26H,3-12H2,(H2,25,28,29). The van der Waals surface area contributed by atoms with E-state index in [1.54, 1.807) is 24.7 Å². The Hall–Kier alpha value is -3.90. The van der Waals surface area contributed by atoms with Gasteiger partial charge in [0.2, 0.25) is 11.9 Å². The number of aromatic nitrogens is 5. The number of anilines is 4. The van der Waals surface area contributed by atoms with Gasteiger partial charge in [0, 0.05) is 69.3 Å². The Labute approximate surface area is 208 Å². The van der Waals surface area contributed by atoms with Gasteiger partial charge in [-0.1, -0.05) is 0 Å². The van der Waals surface area contributed by atoms with Crippen LogP contribution in [0.2, 0.25) is 0 Å². The van der Waals surface area contributed by atoms with E-state index in [2.05, 4.69) is 30.1 Å². The fraction of sp³-hybridized carbons (Fsp3) is 0.417. The minimum Gasteiger partial charge on any atom is -0.378 e. The van der Waals surface area contributed by atoms with Crippen molar-refractivity contribution < 1.29 is 9.53 Å². The number of nitrogen functional groups attached to an aromatic ring is 1. The van der Waals surface area contributed by atoms with Crippen LogP contribution in [0.5, 0.6) is 0 Å². The predicted octanol–water partition coefficient (Wildman–Crippen LogP) is 0.487. The summed E-state index contributed by atoms with van der Waals surface area (Å²) in [5.41, 5.74) is 9.70. The molecule has 0 aliphatic carbocycles. The van der Waals surface area contributed by atoms with Crippen LogP contribution in [0.4, 0.5) is 23.4 Å². The molecule has 3 aliphatic heterocycles. The highest BCUT2D eigenvalue weighted by Crippen LogP contribution is 2.39. The van der Waals surface area contributed by atoms with Crippen LogP contribution < -0.4 is 20.9 Å². The Morgan fingerprint density at radius 3 is 2.44 bits per heavy atom. The van der Waals surface area contributed by atoms with Crippen LogP contribution in [0.3, 0.4) is 0 Å². The maximum atomic E-state index is 12.8. The van der Waals surface area contributed by atoms with Gasteiger partial charge < -0.3 is 30.5 Å². The fourth-order valence-corrected chi connectivity index (χ4v) is 4.80. The number of pyridine rings is 1. The van der Waals surface area contributed by atoms with Gasteiger partial charge in [-0.25, -0.2) is 19.9 Å². The number of amides is 1.